The van der Waals surface area contributed by atoms with Crippen molar-refractivity contribution in [1.29, 1.82) is 0 Å². The summed E-state index contributed by atoms with van der Waals surface area (Å²) in [4.78, 5) is 23.0. The Hall–Kier alpha value is -2.34. The summed E-state index contributed by atoms with van der Waals surface area (Å²) in [6, 6.07) is 12.2. The van der Waals surface area contributed by atoms with E-state index in [4.69, 9.17) is 4.74 Å². The predicted molar refractivity (Wildman–Crippen MR) is 85.2 cm³/mol. The maximum Gasteiger partial charge on any atom is 0.338 e. The van der Waals surface area contributed by atoms with Crippen molar-refractivity contribution in [3.05, 3.63) is 69.3 Å². The van der Waals surface area contributed by atoms with Crippen LogP contribution >= 0.6 is 11.8 Å². The molecule has 5 nitrogen and oxygen atoms in total. The number of hydrogen-bond donors (Lipinski definition) is 0. The minimum Gasteiger partial charge on any atom is -0.465 e. The van der Waals surface area contributed by atoms with Gasteiger partial charge in [-0.3, -0.25) is 10.1 Å². The third-order valence-corrected chi connectivity index (χ3v) is 4.23. The minimum absolute atomic E-state index is 0.0838. The van der Waals surface area contributed by atoms with Gasteiger partial charge in [0, 0.05) is 11.8 Å². The number of rotatable bonds is 5. The number of nitro benzene ring substituents is 1. The monoisotopic (exact) mass is 317 g/mol. The second-order valence-electron chi connectivity index (χ2n) is 4.67. The molecule has 0 unspecified atom stereocenters. The topological polar surface area (TPSA) is 69.4 Å². The molecule has 0 radical (unpaired) electrons. The zero-order chi connectivity index (χ0) is 16.1. The molecule has 0 aromatic heterocycles. The lowest BCUT2D eigenvalue weighted by Gasteiger charge is -2.08. The molecule has 0 saturated heterocycles. The van der Waals surface area contributed by atoms with Gasteiger partial charge in [-0.05, 0) is 30.2 Å². The van der Waals surface area contributed by atoms with Gasteiger partial charge < -0.3 is 4.74 Å². The van der Waals surface area contributed by atoms with Crippen molar-refractivity contribution in [2.45, 2.75) is 17.6 Å². The van der Waals surface area contributed by atoms with E-state index in [-0.39, 0.29) is 10.6 Å². The molecule has 0 amide bonds. The molecule has 0 fully saturated rings. The number of thioether (sulfide) groups is 1. The van der Waals surface area contributed by atoms with Crippen LogP contribution in [0.15, 0.2) is 47.4 Å². The fraction of sp³-hybridized carbons (Fsp3) is 0.188. The van der Waals surface area contributed by atoms with Gasteiger partial charge in [0.05, 0.1) is 22.5 Å². The van der Waals surface area contributed by atoms with E-state index in [0.29, 0.717) is 16.2 Å². The first-order valence-electron chi connectivity index (χ1n) is 6.57. The molecule has 2 rings (SSSR count). The smallest absolute Gasteiger partial charge is 0.338 e. The lowest BCUT2D eigenvalue weighted by molar-refractivity contribution is -0.387. The zero-order valence-corrected chi connectivity index (χ0v) is 13.1. The highest BCUT2D eigenvalue weighted by atomic mass is 32.2. The van der Waals surface area contributed by atoms with E-state index >= 15 is 0 Å². The van der Waals surface area contributed by atoms with E-state index in [9.17, 15) is 14.9 Å². The highest BCUT2D eigenvalue weighted by Gasteiger charge is 2.16. The van der Waals surface area contributed by atoms with Crippen LogP contribution in [0.4, 0.5) is 5.69 Å². The Labute approximate surface area is 132 Å². The summed E-state index contributed by atoms with van der Waals surface area (Å²) in [6.07, 6.45) is 0. The number of aryl methyl sites for hydroxylation is 1. The van der Waals surface area contributed by atoms with Gasteiger partial charge in [-0.15, -0.1) is 11.8 Å². The van der Waals surface area contributed by atoms with Gasteiger partial charge in [-0.1, -0.05) is 24.3 Å². The first-order valence-corrected chi connectivity index (χ1v) is 7.55. The number of carbonyl (C=O) groups excluding carboxylic acids is 1. The van der Waals surface area contributed by atoms with E-state index in [0.717, 1.165) is 11.1 Å². The highest BCUT2D eigenvalue weighted by molar-refractivity contribution is 7.98. The number of methoxy groups -OCH3 is 1. The third-order valence-electron chi connectivity index (χ3n) is 3.12. The first-order chi connectivity index (χ1) is 10.5. The number of nitrogens with zero attached hydrogens (tertiary/aromatic N) is 1. The molecule has 2 aromatic carbocycles. The molecule has 0 aliphatic carbocycles. The molecule has 0 saturated carbocycles. The standard InChI is InChI=1S/C16H15NO4S/c1-11-7-8-15(14(9-11)17(19)20)22-10-12-5-3-4-6-13(12)16(18)21-2/h3-9H,10H2,1-2H3. The highest BCUT2D eigenvalue weighted by Crippen LogP contribution is 2.32. The van der Waals surface area contributed by atoms with Gasteiger partial charge >= 0.3 is 5.97 Å². The average Bonchev–Trinajstić information content (AvgIpc) is 2.53. The summed E-state index contributed by atoms with van der Waals surface area (Å²) in [6.45, 7) is 1.81. The van der Waals surface area contributed by atoms with Gasteiger partial charge in [0.25, 0.3) is 5.69 Å². The average molecular weight is 317 g/mol. The van der Waals surface area contributed by atoms with E-state index in [2.05, 4.69) is 0 Å². The molecule has 0 atom stereocenters. The van der Waals surface area contributed by atoms with E-state index in [1.807, 2.05) is 25.1 Å². The Bertz CT molecular complexity index is 715. The van der Waals surface area contributed by atoms with Crippen molar-refractivity contribution in [1.82, 2.24) is 0 Å². The third kappa shape index (κ3) is 3.65. The van der Waals surface area contributed by atoms with Crippen LogP contribution < -0.4 is 0 Å². The van der Waals surface area contributed by atoms with Crippen LogP contribution in [0.2, 0.25) is 0 Å². The Morgan fingerprint density at radius 3 is 2.68 bits per heavy atom. The fourth-order valence-electron chi connectivity index (χ4n) is 2.00. The van der Waals surface area contributed by atoms with Crippen LogP contribution in [0.5, 0.6) is 0 Å². The van der Waals surface area contributed by atoms with Crippen LogP contribution in [-0.2, 0) is 10.5 Å². The molecular weight excluding hydrogens is 302 g/mol. The van der Waals surface area contributed by atoms with Gasteiger partial charge in [-0.2, -0.15) is 0 Å². The van der Waals surface area contributed by atoms with Crippen molar-refractivity contribution in [2.75, 3.05) is 7.11 Å². The molecule has 114 valence electrons. The van der Waals surface area contributed by atoms with Crippen LogP contribution in [0.1, 0.15) is 21.5 Å². The van der Waals surface area contributed by atoms with E-state index in [1.165, 1.54) is 18.9 Å². The van der Waals surface area contributed by atoms with Crippen molar-refractivity contribution in [2.24, 2.45) is 0 Å². The molecule has 0 bridgehead atoms. The Kier molecular flexibility index (Phi) is 5.16. The summed E-state index contributed by atoms with van der Waals surface area (Å²) in [7, 11) is 1.33. The normalized spacial score (nSPS) is 10.3. The van der Waals surface area contributed by atoms with Crippen LogP contribution in [0.3, 0.4) is 0 Å². The molecule has 0 aliphatic heterocycles. The Morgan fingerprint density at radius 1 is 1.27 bits per heavy atom. The van der Waals surface area contributed by atoms with Crippen molar-refractivity contribution < 1.29 is 14.5 Å². The SMILES string of the molecule is COC(=O)c1ccccc1CSc1ccc(C)cc1[N+](=O)[O-]. The first kappa shape index (κ1) is 16.0. The van der Waals surface area contributed by atoms with Gasteiger partial charge in [0.2, 0.25) is 0 Å². The van der Waals surface area contributed by atoms with Crippen LogP contribution in [0, 0.1) is 17.0 Å². The summed E-state index contributed by atoms with van der Waals surface area (Å²) in [5.74, 6) is 0.0458. The molecule has 22 heavy (non-hydrogen) atoms. The molecule has 6 heteroatoms. The summed E-state index contributed by atoms with van der Waals surface area (Å²) >= 11 is 1.33. The second-order valence-corrected chi connectivity index (χ2v) is 5.68. The number of nitro groups is 1. The minimum atomic E-state index is -0.408. The van der Waals surface area contributed by atoms with Gasteiger partial charge in [0.15, 0.2) is 0 Å². The van der Waals surface area contributed by atoms with Gasteiger partial charge in [0.1, 0.15) is 0 Å². The number of hydrogen-bond acceptors (Lipinski definition) is 5. The molecule has 0 heterocycles. The van der Waals surface area contributed by atoms with Crippen LogP contribution in [0.25, 0.3) is 0 Å². The number of esters is 1. The Morgan fingerprint density at radius 2 is 2.00 bits per heavy atom. The van der Waals surface area contributed by atoms with Crippen LogP contribution in [-0.4, -0.2) is 18.0 Å². The van der Waals surface area contributed by atoms with Crippen molar-refractivity contribution >= 4 is 23.4 Å². The zero-order valence-electron chi connectivity index (χ0n) is 12.2. The Balaban J connectivity index is 2.25. The second kappa shape index (κ2) is 7.09. The van der Waals surface area contributed by atoms with E-state index < -0.39 is 5.97 Å². The fourth-order valence-corrected chi connectivity index (χ4v) is 3.01. The van der Waals surface area contributed by atoms with E-state index in [1.54, 1.807) is 24.3 Å². The summed E-state index contributed by atoms with van der Waals surface area (Å²) < 4.78 is 4.75. The number of benzene rings is 2. The molecular formula is C16H15NO4S. The number of ether oxygens (including phenoxy) is 1. The summed E-state index contributed by atoms with van der Waals surface area (Å²) in [5.41, 5.74) is 2.19. The largest absolute Gasteiger partial charge is 0.465 e. The molecule has 2 aromatic rings. The number of carbonyl (C=O) groups is 1. The lowest BCUT2D eigenvalue weighted by atomic mass is 10.1. The van der Waals surface area contributed by atoms with Crippen molar-refractivity contribution in [3.8, 4) is 0 Å². The van der Waals surface area contributed by atoms with Crippen molar-refractivity contribution in [3.63, 3.8) is 0 Å². The van der Waals surface area contributed by atoms with Gasteiger partial charge in [-0.25, -0.2) is 4.79 Å². The molecule has 0 aliphatic rings. The lowest BCUT2D eigenvalue weighted by Crippen LogP contribution is -2.04. The maximum absolute atomic E-state index is 11.7. The summed E-state index contributed by atoms with van der Waals surface area (Å²) in [5, 5.41) is 11.1. The predicted octanol–water partition coefficient (Wildman–Crippen LogP) is 3.98. The molecule has 0 spiro atoms. The maximum atomic E-state index is 11.7. The quantitative estimate of drug-likeness (QED) is 0.361. The molecule has 0 N–H and O–H groups in total.